The summed E-state index contributed by atoms with van der Waals surface area (Å²) in [4.78, 5) is 10.8. The van der Waals surface area contributed by atoms with Gasteiger partial charge in [0.25, 0.3) is 0 Å². The quantitative estimate of drug-likeness (QED) is 0.196. The summed E-state index contributed by atoms with van der Waals surface area (Å²) in [5.74, 6) is -7.47. The first-order valence-electron chi connectivity index (χ1n) is 12.5. The molecule has 204 valence electrons. The number of aromatic nitrogens is 2. The van der Waals surface area contributed by atoms with Crippen LogP contribution in [0.2, 0.25) is 0 Å². The Bertz CT molecular complexity index is 1130. The Morgan fingerprint density at radius 1 is 0.811 bits per heavy atom. The van der Waals surface area contributed by atoms with Gasteiger partial charge in [-0.1, -0.05) is 58.6 Å². The summed E-state index contributed by atoms with van der Waals surface area (Å²) >= 11 is 0. The maximum Gasteiger partial charge on any atom is 0.206 e. The topological polar surface area (TPSA) is 38.2 Å². The van der Waals surface area contributed by atoms with Crippen molar-refractivity contribution in [1.29, 1.82) is 0 Å². The Hall–Kier alpha value is -2.97. The summed E-state index contributed by atoms with van der Waals surface area (Å²) in [7, 11) is 3.99. The second-order valence-corrected chi connectivity index (χ2v) is 9.62. The lowest BCUT2D eigenvalue weighted by Gasteiger charge is -2.22. The van der Waals surface area contributed by atoms with E-state index in [4.69, 9.17) is 0 Å². The van der Waals surface area contributed by atoms with Gasteiger partial charge in [0.1, 0.15) is 11.6 Å². The second kappa shape index (κ2) is 14.1. The molecule has 0 amide bonds. The Balaban J connectivity index is 0.000000204. The summed E-state index contributed by atoms with van der Waals surface area (Å²) in [6.45, 7) is 8.15. The van der Waals surface area contributed by atoms with Gasteiger partial charge in [0.05, 0.1) is 12.1 Å². The molecule has 1 aliphatic rings. The van der Waals surface area contributed by atoms with Gasteiger partial charge in [-0.15, -0.1) is 0 Å². The predicted octanol–water partition coefficient (Wildman–Crippen LogP) is 8.01. The van der Waals surface area contributed by atoms with Crippen LogP contribution in [0.3, 0.4) is 0 Å². The molecule has 1 aromatic heterocycles. The molecular formula is C28H36F5N3O. The van der Waals surface area contributed by atoms with Gasteiger partial charge in [0, 0.05) is 19.5 Å². The van der Waals surface area contributed by atoms with Crippen molar-refractivity contribution >= 4 is 16.7 Å². The van der Waals surface area contributed by atoms with Crippen LogP contribution in [0, 0.1) is 47.8 Å². The summed E-state index contributed by atoms with van der Waals surface area (Å²) in [6, 6.07) is 8.06. The van der Waals surface area contributed by atoms with Gasteiger partial charge in [-0.3, -0.25) is 0 Å². The molecule has 0 saturated heterocycles. The lowest BCUT2D eigenvalue weighted by Crippen LogP contribution is -2.12. The van der Waals surface area contributed by atoms with Gasteiger partial charge in [-0.05, 0) is 37.3 Å². The zero-order valence-electron chi connectivity index (χ0n) is 22.3. The molecule has 0 spiro atoms. The molecule has 0 atom stereocenters. The fraction of sp³-hybridized carbons (Fsp3) is 0.500. The van der Waals surface area contributed by atoms with E-state index in [0.717, 1.165) is 34.4 Å². The standard InChI is InChI=1S/C11H13N3.C9H7F5O.C8H16/c1-8-12-10-7-5-4-6-9(10)11(13-8)14(2)3;1-2-3-15-9-7(13)5(11)4(10)6(12)8(9)14;1-7-3-5-8(2)6-4-7/h4-7H,1-3H3;2-3H2,1H3;7-8H,3-6H2,1-2H3. The van der Waals surface area contributed by atoms with Crippen LogP contribution in [0.1, 0.15) is 58.7 Å². The molecule has 1 fully saturated rings. The van der Waals surface area contributed by atoms with E-state index in [0.29, 0.717) is 6.42 Å². The number of ether oxygens (including phenoxy) is 1. The van der Waals surface area contributed by atoms with Gasteiger partial charge in [-0.25, -0.2) is 23.1 Å². The largest absolute Gasteiger partial charge is 0.487 e. The number of nitrogens with zero attached hydrogens (tertiary/aromatic N) is 3. The van der Waals surface area contributed by atoms with Crippen molar-refractivity contribution in [2.75, 3.05) is 25.6 Å². The van der Waals surface area contributed by atoms with Crippen molar-refractivity contribution in [3.63, 3.8) is 0 Å². The van der Waals surface area contributed by atoms with Crippen LogP contribution in [-0.4, -0.2) is 30.7 Å². The number of halogens is 5. The van der Waals surface area contributed by atoms with Crippen molar-refractivity contribution in [3.8, 4) is 5.75 Å². The highest BCUT2D eigenvalue weighted by Gasteiger charge is 2.26. The normalized spacial score (nSPS) is 16.8. The summed E-state index contributed by atoms with van der Waals surface area (Å²) < 4.78 is 67.9. The number of anilines is 1. The maximum absolute atomic E-state index is 12.9. The Labute approximate surface area is 215 Å². The Morgan fingerprint density at radius 2 is 1.30 bits per heavy atom. The molecule has 1 aliphatic carbocycles. The highest BCUT2D eigenvalue weighted by molar-refractivity contribution is 5.89. The molecular weight excluding hydrogens is 489 g/mol. The average molecular weight is 526 g/mol. The third-order valence-electron chi connectivity index (χ3n) is 6.04. The van der Waals surface area contributed by atoms with E-state index in [-0.39, 0.29) is 6.61 Å². The Kier molecular flexibility index (Phi) is 11.5. The van der Waals surface area contributed by atoms with Crippen LogP contribution in [0.4, 0.5) is 27.8 Å². The highest BCUT2D eigenvalue weighted by Crippen LogP contribution is 2.29. The van der Waals surface area contributed by atoms with Crippen molar-refractivity contribution in [1.82, 2.24) is 9.97 Å². The van der Waals surface area contributed by atoms with Gasteiger partial charge in [0.2, 0.25) is 29.1 Å². The second-order valence-electron chi connectivity index (χ2n) is 9.62. The van der Waals surface area contributed by atoms with Crippen molar-refractivity contribution in [2.24, 2.45) is 11.8 Å². The number of fused-ring (bicyclic) bond motifs is 1. The molecule has 3 aromatic rings. The zero-order chi connectivity index (χ0) is 27.7. The Morgan fingerprint density at radius 3 is 1.78 bits per heavy atom. The number of hydrogen-bond acceptors (Lipinski definition) is 4. The molecule has 9 heteroatoms. The minimum Gasteiger partial charge on any atom is -0.487 e. The first kappa shape index (κ1) is 30.3. The van der Waals surface area contributed by atoms with Crippen LogP contribution in [-0.2, 0) is 0 Å². The molecule has 1 saturated carbocycles. The van der Waals surface area contributed by atoms with Crippen LogP contribution in [0.5, 0.6) is 5.75 Å². The summed E-state index contributed by atoms with van der Waals surface area (Å²) in [5, 5.41) is 1.10. The van der Waals surface area contributed by atoms with E-state index >= 15 is 0 Å². The van der Waals surface area contributed by atoms with Crippen molar-refractivity contribution in [2.45, 2.75) is 59.8 Å². The molecule has 0 radical (unpaired) electrons. The van der Waals surface area contributed by atoms with Crippen molar-refractivity contribution < 1.29 is 26.7 Å². The van der Waals surface area contributed by atoms with Crippen LogP contribution in [0.15, 0.2) is 24.3 Å². The first-order valence-corrected chi connectivity index (χ1v) is 12.5. The van der Waals surface area contributed by atoms with E-state index in [9.17, 15) is 22.0 Å². The van der Waals surface area contributed by atoms with E-state index in [2.05, 4.69) is 28.6 Å². The van der Waals surface area contributed by atoms with Crippen LogP contribution in [0.25, 0.3) is 10.9 Å². The maximum atomic E-state index is 12.9. The van der Waals surface area contributed by atoms with Gasteiger partial charge in [0.15, 0.2) is 5.75 Å². The van der Waals surface area contributed by atoms with Gasteiger partial charge in [-0.2, -0.15) is 8.78 Å². The van der Waals surface area contributed by atoms with Gasteiger partial charge >= 0.3 is 0 Å². The number of para-hydroxylation sites is 1. The average Bonchev–Trinajstić information content (AvgIpc) is 2.88. The molecule has 0 unspecified atom stereocenters. The predicted molar refractivity (Wildman–Crippen MR) is 137 cm³/mol. The zero-order valence-corrected chi connectivity index (χ0v) is 22.3. The van der Waals surface area contributed by atoms with Crippen molar-refractivity contribution in [3.05, 3.63) is 59.2 Å². The van der Waals surface area contributed by atoms with Gasteiger partial charge < -0.3 is 9.64 Å². The molecule has 0 aliphatic heterocycles. The van der Waals surface area contributed by atoms with E-state index in [1.54, 1.807) is 6.92 Å². The smallest absolute Gasteiger partial charge is 0.206 e. The number of aryl methyl sites for hydroxylation is 1. The lowest BCUT2D eigenvalue weighted by molar-refractivity contribution is 0.262. The van der Waals surface area contributed by atoms with E-state index in [1.165, 1.54) is 25.7 Å². The third kappa shape index (κ3) is 8.27. The highest BCUT2D eigenvalue weighted by atomic mass is 19.2. The summed E-state index contributed by atoms with van der Waals surface area (Å²) in [6.07, 6.45) is 6.28. The summed E-state index contributed by atoms with van der Waals surface area (Å²) in [5.41, 5.74) is 1.00. The SMILES string of the molecule is CC1CCC(C)CC1.CCCOc1c(F)c(F)c(F)c(F)c1F.Cc1nc(N(C)C)c2ccccc2n1. The third-order valence-corrected chi connectivity index (χ3v) is 6.04. The first-order chi connectivity index (χ1) is 17.5. The van der Waals surface area contributed by atoms with E-state index in [1.807, 2.05) is 50.2 Å². The molecule has 0 N–H and O–H groups in total. The van der Waals surface area contributed by atoms with Crippen LogP contribution >= 0.6 is 0 Å². The molecule has 1 heterocycles. The number of hydrogen-bond donors (Lipinski definition) is 0. The fourth-order valence-electron chi connectivity index (χ4n) is 3.86. The molecule has 37 heavy (non-hydrogen) atoms. The lowest BCUT2D eigenvalue weighted by atomic mass is 9.84. The number of benzene rings is 2. The minimum absolute atomic E-state index is 0.127. The minimum atomic E-state index is -2.19. The molecule has 0 bridgehead atoms. The van der Waals surface area contributed by atoms with Crippen LogP contribution < -0.4 is 9.64 Å². The van der Waals surface area contributed by atoms with E-state index < -0.39 is 34.8 Å². The molecule has 4 rings (SSSR count). The number of rotatable bonds is 4. The molecule has 4 nitrogen and oxygen atoms in total. The monoisotopic (exact) mass is 525 g/mol. The fourth-order valence-corrected chi connectivity index (χ4v) is 3.86. The molecule has 2 aromatic carbocycles.